The average Bonchev–Trinajstić information content (AvgIpc) is 1.81. The van der Waals surface area contributed by atoms with Crippen LogP contribution in [0.3, 0.4) is 0 Å². The molecule has 54 valence electrons. The van der Waals surface area contributed by atoms with Crippen molar-refractivity contribution >= 4 is 17.4 Å². The zero-order valence-corrected chi connectivity index (χ0v) is 10.5. The first kappa shape index (κ1) is 55.0. The van der Waals surface area contributed by atoms with Crippen molar-refractivity contribution in [3.8, 4) is 0 Å². The summed E-state index contributed by atoms with van der Waals surface area (Å²) in [5.41, 5.74) is 0. The Bertz CT molecular complexity index is 13.0. The molecule has 10 heavy (non-hydrogen) atoms. The normalized spacial score (nSPS) is 1.80. The van der Waals surface area contributed by atoms with Gasteiger partial charge in [0.15, 0.2) is 0 Å². The standard InChI is InChI=1S/Al.3H2O2.3Ti/c;3*1-2;;;/h;3*1-2H;;;/q+3;;;;;;/p-3. The van der Waals surface area contributed by atoms with Gasteiger partial charge in [-0.15, -0.1) is 0 Å². The van der Waals surface area contributed by atoms with Crippen molar-refractivity contribution in [2.75, 3.05) is 0 Å². The molecule has 0 aliphatic carbocycles. The molecule has 6 nitrogen and oxygen atoms in total. The molecule has 0 aromatic rings. The molecule has 0 aromatic carbocycles. The van der Waals surface area contributed by atoms with Gasteiger partial charge in [0.1, 0.15) is 0 Å². The van der Waals surface area contributed by atoms with E-state index in [9.17, 15) is 0 Å². The molecular weight excluding hydrogens is 267 g/mol. The van der Waals surface area contributed by atoms with Gasteiger partial charge in [0, 0.05) is 65.2 Å². The Morgan fingerprint density at radius 1 is 0.500 bits per heavy atom. The molecule has 3 N–H and O–H groups in total. The van der Waals surface area contributed by atoms with E-state index in [0.29, 0.717) is 0 Å². The van der Waals surface area contributed by atoms with Crippen molar-refractivity contribution in [3.05, 3.63) is 0 Å². The van der Waals surface area contributed by atoms with Crippen LogP contribution in [0.5, 0.6) is 0 Å². The van der Waals surface area contributed by atoms with E-state index in [-0.39, 0.29) is 82.5 Å². The molecule has 0 radical (unpaired) electrons. The van der Waals surface area contributed by atoms with E-state index in [0.717, 1.165) is 0 Å². The minimum absolute atomic E-state index is 0. The van der Waals surface area contributed by atoms with Crippen molar-refractivity contribution in [2.45, 2.75) is 0 Å². The third kappa shape index (κ3) is 157. The van der Waals surface area contributed by atoms with Gasteiger partial charge in [-0.05, 0) is 0 Å². The van der Waals surface area contributed by atoms with Crippen LogP contribution in [-0.4, -0.2) is 33.1 Å². The van der Waals surface area contributed by atoms with Crippen LogP contribution in [0.15, 0.2) is 0 Å². The molecule has 0 aromatic heterocycles. The molecule has 0 spiro atoms. The first-order valence-corrected chi connectivity index (χ1v) is 0.548. The number of rotatable bonds is 0. The van der Waals surface area contributed by atoms with Crippen LogP contribution in [0, 0.1) is 0 Å². The fourth-order valence-corrected chi connectivity index (χ4v) is 0. The minimum atomic E-state index is 0. The first-order valence-electron chi connectivity index (χ1n) is 0.548. The Labute approximate surface area is 113 Å². The van der Waals surface area contributed by atoms with Crippen LogP contribution in [0.1, 0.15) is 0 Å². The summed E-state index contributed by atoms with van der Waals surface area (Å²) in [6, 6.07) is 0. The van der Waals surface area contributed by atoms with E-state index in [1.54, 1.807) is 0 Å². The summed E-state index contributed by atoms with van der Waals surface area (Å²) in [6.45, 7) is 0. The van der Waals surface area contributed by atoms with Crippen molar-refractivity contribution in [1.29, 1.82) is 0 Å². The van der Waals surface area contributed by atoms with Gasteiger partial charge in [-0.3, -0.25) is 0 Å². The Morgan fingerprint density at radius 3 is 0.500 bits per heavy atom. The summed E-state index contributed by atoms with van der Waals surface area (Å²) in [5.74, 6) is 0. The fourth-order valence-electron chi connectivity index (χ4n) is 0. The quantitative estimate of drug-likeness (QED) is 0.234. The molecular formula is H3AlO6Ti3. The summed E-state index contributed by atoms with van der Waals surface area (Å²) in [7, 11) is 0. The summed E-state index contributed by atoms with van der Waals surface area (Å²) in [4.78, 5) is 0. The van der Waals surface area contributed by atoms with Crippen LogP contribution in [-0.2, 0) is 65.2 Å². The van der Waals surface area contributed by atoms with Gasteiger partial charge in [-0.2, -0.15) is 0 Å². The second-order valence-corrected chi connectivity index (χ2v) is 0. The molecule has 0 bridgehead atoms. The second-order valence-electron chi connectivity index (χ2n) is 0. The third-order valence-corrected chi connectivity index (χ3v) is 0. The van der Waals surface area contributed by atoms with E-state index in [4.69, 9.17) is 31.5 Å². The third-order valence-electron chi connectivity index (χ3n) is 0. The molecule has 0 amide bonds. The topological polar surface area (TPSA) is 130 Å². The monoisotopic (exact) mass is 270 g/mol. The van der Waals surface area contributed by atoms with Crippen molar-refractivity contribution in [1.82, 2.24) is 0 Å². The van der Waals surface area contributed by atoms with Crippen molar-refractivity contribution in [3.63, 3.8) is 0 Å². The maximum atomic E-state index is 7.25. The molecule has 0 atom stereocenters. The Hall–Kier alpha value is 2.44. The molecule has 0 rings (SSSR count). The predicted octanol–water partition coefficient (Wildman–Crippen LogP) is -3.93. The number of hydrogen-bond donors (Lipinski definition) is 3. The van der Waals surface area contributed by atoms with Gasteiger partial charge >= 0.3 is 17.4 Å². The molecule has 0 saturated carbocycles. The van der Waals surface area contributed by atoms with Crippen LogP contribution in [0.25, 0.3) is 0 Å². The maximum absolute atomic E-state index is 7.25. The zero-order valence-electron chi connectivity index (χ0n) is 4.64. The van der Waals surface area contributed by atoms with Crippen LogP contribution >= 0.6 is 0 Å². The van der Waals surface area contributed by atoms with Crippen LogP contribution < -0.4 is 15.8 Å². The number of hydrogen-bond acceptors (Lipinski definition) is 6. The Morgan fingerprint density at radius 2 is 0.500 bits per heavy atom. The van der Waals surface area contributed by atoms with Gasteiger partial charge in [0.2, 0.25) is 0 Å². The van der Waals surface area contributed by atoms with Crippen LogP contribution in [0.4, 0.5) is 0 Å². The van der Waals surface area contributed by atoms with E-state index in [2.05, 4.69) is 0 Å². The van der Waals surface area contributed by atoms with Gasteiger partial charge < -0.3 is 31.5 Å². The average molecular weight is 270 g/mol. The van der Waals surface area contributed by atoms with Gasteiger partial charge in [-0.1, -0.05) is 0 Å². The van der Waals surface area contributed by atoms with Crippen molar-refractivity contribution < 1.29 is 96.7 Å². The SMILES string of the molecule is [Al+3].[O-]O.[O-]O.[O-]O.[Ti].[Ti].[Ti]. The van der Waals surface area contributed by atoms with Gasteiger partial charge in [0.25, 0.3) is 0 Å². The summed E-state index contributed by atoms with van der Waals surface area (Å²) >= 11 is 0. The minimum Gasteiger partial charge on any atom is -0.727 e. The molecule has 0 heterocycles. The maximum Gasteiger partial charge on any atom is 3.00 e. The van der Waals surface area contributed by atoms with E-state index < -0.39 is 0 Å². The molecule has 0 aliphatic heterocycles. The molecule has 0 aliphatic rings. The first-order chi connectivity index (χ1) is 3.00. The summed E-state index contributed by atoms with van der Waals surface area (Å²) in [5, 5.41) is 39.0. The smallest absolute Gasteiger partial charge is 0.727 e. The fraction of sp³-hybridized carbons (Fsp3) is 0. The second kappa shape index (κ2) is 210. The van der Waals surface area contributed by atoms with Gasteiger partial charge in [-0.25, -0.2) is 0 Å². The van der Waals surface area contributed by atoms with E-state index >= 15 is 0 Å². The van der Waals surface area contributed by atoms with Crippen molar-refractivity contribution in [2.24, 2.45) is 0 Å². The Kier molecular flexibility index (Phi) is 1160. The van der Waals surface area contributed by atoms with Gasteiger partial charge in [0.05, 0.1) is 0 Å². The Balaban J connectivity index is -0.00000000225. The van der Waals surface area contributed by atoms with E-state index in [1.807, 2.05) is 0 Å². The summed E-state index contributed by atoms with van der Waals surface area (Å²) in [6.07, 6.45) is 0. The molecule has 10 heteroatoms. The van der Waals surface area contributed by atoms with Crippen LogP contribution in [0.2, 0.25) is 0 Å². The molecule has 0 unspecified atom stereocenters. The summed E-state index contributed by atoms with van der Waals surface area (Å²) < 4.78 is 0. The molecule has 0 saturated heterocycles. The largest absolute Gasteiger partial charge is 3.00 e. The molecule has 0 fully saturated rings. The van der Waals surface area contributed by atoms with E-state index in [1.165, 1.54) is 0 Å². The zero-order chi connectivity index (χ0) is 6.00. The predicted molar refractivity (Wildman–Crippen MR) is 13.6 cm³/mol.